The van der Waals surface area contributed by atoms with Crippen molar-refractivity contribution in [3.05, 3.63) is 112 Å². The molecule has 0 unspecified atom stereocenters. The number of fused-ring (bicyclic) bond motifs is 1. The summed E-state index contributed by atoms with van der Waals surface area (Å²) in [6, 6.07) is 22.0. The summed E-state index contributed by atoms with van der Waals surface area (Å²) in [7, 11) is 0. The Kier molecular flexibility index (Phi) is 5.43. The third-order valence-corrected chi connectivity index (χ3v) is 6.26. The van der Waals surface area contributed by atoms with Gasteiger partial charge in [-0.1, -0.05) is 48.2 Å². The molecule has 5 aromatic rings. The molecule has 0 bridgehead atoms. The number of benzene rings is 3. The standard InChI is InChI=1S/C26H16FNO5S/c27-16-9-11-17(12-10-16)28-20(15-5-2-1-3-6-15)14-21-22(25(28)31)23(30)24(26(32)33-21)34-19-8-4-7-18(29)13-19/h1-14,29-30H. The number of aromatic nitrogens is 1. The lowest BCUT2D eigenvalue weighted by atomic mass is 10.1. The highest BCUT2D eigenvalue weighted by atomic mass is 32.2. The van der Waals surface area contributed by atoms with Gasteiger partial charge in [-0.05, 0) is 48.0 Å². The van der Waals surface area contributed by atoms with Crippen molar-refractivity contribution in [2.75, 3.05) is 0 Å². The summed E-state index contributed by atoms with van der Waals surface area (Å²) in [4.78, 5) is 26.7. The highest BCUT2D eigenvalue weighted by Crippen LogP contribution is 2.37. The van der Waals surface area contributed by atoms with Gasteiger partial charge in [0.05, 0.1) is 5.69 Å². The van der Waals surface area contributed by atoms with Gasteiger partial charge in [0.15, 0.2) is 5.75 Å². The fourth-order valence-electron chi connectivity index (χ4n) is 3.67. The van der Waals surface area contributed by atoms with E-state index in [0.717, 1.165) is 11.8 Å². The molecule has 0 aliphatic heterocycles. The summed E-state index contributed by atoms with van der Waals surface area (Å²) in [6.45, 7) is 0. The molecule has 0 fully saturated rings. The molecule has 2 aromatic heterocycles. The lowest BCUT2D eigenvalue weighted by Crippen LogP contribution is -2.21. The van der Waals surface area contributed by atoms with Gasteiger partial charge in [0.1, 0.15) is 27.4 Å². The minimum atomic E-state index is -0.823. The van der Waals surface area contributed by atoms with Crippen molar-refractivity contribution >= 4 is 22.7 Å². The zero-order valence-electron chi connectivity index (χ0n) is 17.4. The maximum absolute atomic E-state index is 13.7. The van der Waals surface area contributed by atoms with Gasteiger partial charge in [0.2, 0.25) is 0 Å². The van der Waals surface area contributed by atoms with Gasteiger partial charge in [-0.2, -0.15) is 0 Å². The van der Waals surface area contributed by atoms with Gasteiger partial charge in [-0.15, -0.1) is 0 Å². The summed E-state index contributed by atoms with van der Waals surface area (Å²) in [5.74, 6) is -1.00. The average Bonchev–Trinajstić information content (AvgIpc) is 2.83. The molecule has 3 aromatic carbocycles. The molecule has 34 heavy (non-hydrogen) atoms. The number of aromatic hydroxyl groups is 2. The minimum absolute atomic E-state index is 0.0131. The second-order valence-electron chi connectivity index (χ2n) is 7.42. The van der Waals surface area contributed by atoms with Gasteiger partial charge in [-0.25, -0.2) is 9.18 Å². The van der Waals surface area contributed by atoms with Crippen LogP contribution in [-0.4, -0.2) is 14.8 Å². The molecule has 0 atom stereocenters. The molecule has 0 saturated carbocycles. The van der Waals surface area contributed by atoms with Gasteiger partial charge in [-0.3, -0.25) is 9.36 Å². The Morgan fingerprint density at radius 1 is 0.853 bits per heavy atom. The fraction of sp³-hybridized carbons (Fsp3) is 0. The molecule has 0 saturated heterocycles. The van der Waals surface area contributed by atoms with Crippen LogP contribution in [0.1, 0.15) is 0 Å². The molecule has 5 rings (SSSR count). The Balaban J connectivity index is 1.81. The predicted octanol–water partition coefficient (Wildman–Crippen LogP) is 5.31. The van der Waals surface area contributed by atoms with Gasteiger partial charge < -0.3 is 14.6 Å². The number of rotatable bonds is 4. The fourth-order valence-corrected chi connectivity index (χ4v) is 4.55. The van der Waals surface area contributed by atoms with E-state index in [-0.39, 0.29) is 21.6 Å². The maximum atomic E-state index is 13.7. The van der Waals surface area contributed by atoms with Gasteiger partial charge >= 0.3 is 5.63 Å². The van der Waals surface area contributed by atoms with Crippen molar-refractivity contribution in [3.63, 3.8) is 0 Å². The number of halogens is 1. The zero-order chi connectivity index (χ0) is 23.8. The molecule has 0 radical (unpaired) electrons. The average molecular weight is 473 g/mol. The number of hydrogen-bond acceptors (Lipinski definition) is 6. The summed E-state index contributed by atoms with van der Waals surface area (Å²) in [6.07, 6.45) is 0. The summed E-state index contributed by atoms with van der Waals surface area (Å²) in [5.41, 5.74) is -0.102. The van der Waals surface area contributed by atoms with Crippen molar-refractivity contribution in [3.8, 4) is 28.4 Å². The van der Waals surface area contributed by atoms with Crippen LogP contribution < -0.4 is 11.2 Å². The van der Waals surface area contributed by atoms with Crippen LogP contribution in [0.25, 0.3) is 27.9 Å². The van der Waals surface area contributed by atoms with Crippen LogP contribution in [0, 0.1) is 5.82 Å². The van der Waals surface area contributed by atoms with Crippen LogP contribution in [0.4, 0.5) is 4.39 Å². The van der Waals surface area contributed by atoms with E-state index in [1.54, 1.807) is 36.4 Å². The largest absolute Gasteiger partial charge is 0.508 e. The first-order valence-electron chi connectivity index (χ1n) is 10.2. The summed E-state index contributed by atoms with van der Waals surface area (Å²) >= 11 is 0.869. The number of phenols is 1. The smallest absolute Gasteiger partial charge is 0.354 e. The van der Waals surface area contributed by atoms with Crippen LogP contribution in [0.3, 0.4) is 0 Å². The lowest BCUT2D eigenvalue weighted by Gasteiger charge is -2.15. The van der Waals surface area contributed by atoms with Gasteiger partial charge in [0, 0.05) is 16.6 Å². The van der Waals surface area contributed by atoms with Crippen LogP contribution in [0.5, 0.6) is 11.5 Å². The molecule has 0 aliphatic rings. The van der Waals surface area contributed by atoms with Gasteiger partial charge in [0.25, 0.3) is 5.56 Å². The molecule has 0 spiro atoms. The van der Waals surface area contributed by atoms with Crippen molar-refractivity contribution in [1.29, 1.82) is 0 Å². The second-order valence-corrected chi connectivity index (χ2v) is 8.50. The normalized spacial score (nSPS) is 11.1. The first-order chi connectivity index (χ1) is 16.4. The Labute approximate surface area is 196 Å². The molecule has 8 heteroatoms. The first-order valence-corrected chi connectivity index (χ1v) is 11.0. The summed E-state index contributed by atoms with van der Waals surface area (Å²) < 4.78 is 20.4. The van der Waals surface area contributed by atoms with E-state index < -0.39 is 22.8 Å². The van der Waals surface area contributed by atoms with E-state index in [9.17, 15) is 24.2 Å². The molecule has 2 N–H and O–H groups in total. The first kappa shape index (κ1) is 21.5. The van der Waals surface area contributed by atoms with E-state index in [0.29, 0.717) is 21.8 Å². The maximum Gasteiger partial charge on any atom is 0.354 e. The van der Waals surface area contributed by atoms with Crippen LogP contribution in [0.2, 0.25) is 0 Å². The zero-order valence-corrected chi connectivity index (χ0v) is 18.3. The lowest BCUT2D eigenvalue weighted by molar-refractivity contribution is 0.446. The minimum Gasteiger partial charge on any atom is -0.508 e. The number of pyridine rings is 1. The molecule has 168 valence electrons. The van der Waals surface area contributed by atoms with Crippen molar-refractivity contribution in [2.24, 2.45) is 0 Å². The van der Waals surface area contributed by atoms with Crippen molar-refractivity contribution in [1.82, 2.24) is 4.57 Å². The number of phenolic OH excluding ortho intramolecular Hbond substituents is 1. The Bertz CT molecular complexity index is 1640. The van der Waals surface area contributed by atoms with E-state index >= 15 is 0 Å². The molecule has 2 heterocycles. The SMILES string of the molecule is O=c1oc2cc(-c3ccccc3)n(-c3ccc(F)cc3)c(=O)c2c(O)c1Sc1cccc(O)c1. The number of nitrogens with zero attached hydrogens (tertiary/aromatic N) is 1. The van der Waals surface area contributed by atoms with Crippen LogP contribution in [0.15, 0.2) is 109 Å². The van der Waals surface area contributed by atoms with Crippen molar-refractivity contribution < 1.29 is 19.0 Å². The number of hydrogen-bond donors (Lipinski definition) is 2. The predicted molar refractivity (Wildman–Crippen MR) is 127 cm³/mol. The highest BCUT2D eigenvalue weighted by molar-refractivity contribution is 7.99. The molecular weight excluding hydrogens is 457 g/mol. The monoisotopic (exact) mass is 473 g/mol. The Morgan fingerprint density at radius 2 is 1.59 bits per heavy atom. The highest BCUT2D eigenvalue weighted by Gasteiger charge is 2.22. The van der Waals surface area contributed by atoms with E-state index in [1.165, 1.54) is 47.0 Å². The quantitative estimate of drug-likeness (QED) is 0.367. The van der Waals surface area contributed by atoms with Crippen molar-refractivity contribution in [2.45, 2.75) is 9.79 Å². The van der Waals surface area contributed by atoms with E-state index in [4.69, 9.17) is 4.42 Å². The van der Waals surface area contributed by atoms with E-state index in [1.807, 2.05) is 6.07 Å². The molecule has 0 amide bonds. The van der Waals surface area contributed by atoms with Crippen LogP contribution in [-0.2, 0) is 0 Å². The summed E-state index contributed by atoms with van der Waals surface area (Å²) in [5, 5.41) is 20.5. The topological polar surface area (TPSA) is 92.7 Å². The third-order valence-electron chi connectivity index (χ3n) is 5.20. The molecule has 0 aliphatic carbocycles. The van der Waals surface area contributed by atoms with E-state index in [2.05, 4.69) is 0 Å². The molecule has 6 nitrogen and oxygen atoms in total. The van der Waals surface area contributed by atoms with Crippen LogP contribution >= 0.6 is 11.8 Å². The Morgan fingerprint density at radius 3 is 2.29 bits per heavy atom. The molecular formula is C26H16FNO5S. The second kappa shape index (κ2) is 8.57. The third kappa shape index (κ3) is 3.84. The Hall–Kier alpha value is -4.30.